The quantitative estimate of drug-likeness (QED) is 0.405. The van der Waals surface area contributed by atoms with E-state index in [0.29, 0.717) is 0 Å². The van der Waals surface area contributed by atoms with Gasteiger partial charge in [-0.25, -0.2) is 0 Å². The summed E-state index contributed by atoms with van der Waals surface area (Å²) in [5.74, 6) is 0. The molecule has 0 N–H and O–H groups in total. The highest BCUT2D eigenvalue weighted by molar-refractivity contribution is 14.0. The maximum Gasteiger partial charge on any atom is 0.0675 e. The van der Waals surface area contributed by atoms with Crippen molar-refractivity contribution in [2.45, 2.75) is 0 Å². The smallest absolute Gasteiger partial charge is 0.0675 e. The summed E-state index contributed by atoms with van der Waals surface area (Å²) in [6, 6.07) is 0. The zero-order chi connectivity index (χ0) is 4.50. The van der Waals surface area contributed by atoms with Crippen LogP contribution in [0.5, 0.6) is 0 Å². The van der Waals surface area contributed by atoms with Crippen molar-refractivity contribution in [3.05, 3.63) is 0 Å². The van der Waals surface area contributed by atoms with E-state index >= 15 is 0 Å². The second-order valence-corrected chi connectivity index (χ2v) is 2.68. The van der Waals surface area contributed by atoms with E-state index in [0.717, 1.165) is 4.48 Å². The van der Waals surface area contributed by atoms with Crippen LogP contribution in [0.15, 0.2) is 0 Å². The van der Waals surface area contributed by atoms with E-state index in [4.69, 9.17) is 0 Å². The first-order chi connectivity index (χ1) is 2.00. The molecule has 0 spiro atoms. The Hall–Kier alpha value is 0.690. The van der Waals surface area contributed by atoms with Crippen LogP contribution >= 0.6 is 24.0 Å². The third-order valence-electron chi connectivity index (χ3n) is 0. The number of hydrogen-bond donors (Lipinski definition) is 0. The lowest BCUT2D eigenvalue weighted by Crippen LogP contribution is -2.27. The second-order valence-electron chi connectivity index (χ2n) is 2.68. The molecule has 0 amide bonds. The Bertz CT molecular complexity index is 23.0. The van der Waals surface area contributed by atoms with Crippen molar-refractivity contribution in [1.82, 2.24) is 0 Å². The van der Waals surface area contributed by atoms with Gasteiger partial charge in [-0.05, 0) is 0 Å². The Morgan fingerprint density at radius 3 is 0.833 bits per heavy atom. The summed E-state index contributed by atoms with van der Waals surface area (Å²) >= 11 is 0. The van der Waals surface area contributed by atoms with Crippen LogP contribution < -0.4 is 0 Å². The molecule has 0 aliphatic carbocycles. The van der Waals surface area contributed by atoms with Crippen molar-refractivity contribution >= 4 is 24.0 Å². The summed E-state index contributed by atoms with van der Waals surface area (Å²) in [5, 5.41) is 0. The molecular weight excluding hydrogens is 189 g/mol. The Kier molecular flexibility index (Phi) is 4.59. The molecule has 0 aromatic rings. The highest BCUT2D eigenvalue weighted by Crippen LogP contribution is 1.73. The van der Waals surface area contributed by atoms with Crippen LogP contribution in [-0.4, -0.2) is 32.7 Å². The zero-order valence-electron chi connectivity index (χ0n) is 4.86. The Labute approximate surface area is 56.9 Å². The van der Waals surface area contributed by atoms with Crippen LogP contribution in [0.3, 0.4) is 0 Å². The third kappa shape index (κ3) is 134. The zero-order valence-corrected chi connectivity index (χ0v) is 7.19. The SMILES string of the molecule is C[N+](C)(C)C.I. The van der Waals surface area contributed by atoms with E-state index in [1.807, 2.05) is 0 Å². The largest absolute Gasteiger partial charge is 0.333 e. The van der Waals surface area contributed by atoms with Crippen LogP contribution in [0.2, 0.25) is 0 Å². The van der Waals surface area contributed by atoms with Crippen LogP contribution in [0.25, 0.3) is 0 Å². The normalized spacial score (nSPS) is 10.0. The standard InChI is InChI=1S/C4H12N.HI/c1-5(2,3)4;/h1-4H3;1H/q+1;. The molecule has 0 aromatic heterocycles. The molecule has 0 fully saturated rings. The van der Waals surface area contributed by atoms with Crippen molar-refractivity contribution in [2.75, 3.05) is 28.2 Å². The van der Waals surface area contributed by atoms with Gasteiger partial charge in [0.25, 0.3) is 0 Å². The van der Waals surface area contributed by atoms with Gasteiger partial charge in [0.2, 0.25) is 0 Å². The van der Waals surface area contributed by atoms with E-state index in [1.54, 1.807) is 0 Å². The monoisotopic (exact) mass is 202 g/mol. The van der Waals surface area contributed by atoms with Gasteiger partial charge in [-0.2, -0.15) is 0 Å². The maximum atomic E-state index is 2.12. The first-order valence-electron chi connectivity index (χ1n) is 1.79. The average molecular weight is 202 g/mol. The predicted molar refractivity (Wildman–Crippen MR) is 39.4 cm³/mol. The van der Waals surface area contributed by atoms with Crippen molar-refractivity contribution in [3.63, 3.8) is 0 Å². The molecule has 0 aliphatic rings. The molecule has 0 rings (SSSR count). The highest BCUT2D eigenvalue weighted by atomic mass is 127. The summed E-state index contributed by atoms with van der Waals surface area (Å²) < 4.78 is 1.00. The summed E-state index contributed by atoms with van der Waals surface area (Å²) in [5.41, 5.74) is 0. The van der Waals surface area contributed by atoms with E-state index in [2.05, 4.69) is 28.2 Å². The maximum absolute atomic E-state index is 2.12. The van der Waals surface area contributed by atoms with Crippen LogP contribution in [0.4, 0.5) is 0 Å². The number of rotatable bonds is 0. The lowest BCUT2D eigenvalue weighted by Gasteiger charge is -2.14. The van der Waals surface area contributed by atoms with Crippen LogP contribution in [0.1, 0.15) is 0 Å². The predicted octanol–water partition coefficient (Wildman–Crippen LogP) is 0.940. The number of nitrogens with zero attached hydrogens (tertiary/aromatic N) is 1. The van der Waals surface area contributed by atoms with Gasteiger partial charge in [0.05, 0.1) is 28.2 Å². The molecule has 0 heterocycles. The molecule has 0 saturated carbocycles. The molecule has 1 nitrogen and oxygen atoms in total. The van der Waals surface area contributed by atoms with Gasteiger partial charge < -0.3 is 4.48 Å². The molecule has 40 valence electrons. The van der Waals surface area contributed by atoms with Gasteiger partial charge in [-0.3, -0.25) is 0 Å². The first kappa shape index (κ1) is 9.85. The minimum Gasteiger partial charge on any atom is -0.333 e. The number of quaternary nitrogens is 1. The third-order valence-corrected chi connectivity index (χ3v) is 0. The molecule has 0 aliphatic heterocycles. The minimum absolute atomic E-state index is 0. The average Bonchev–Trinajstić information content (AvgIpc) is 0.722. The fourth-order valence-corrected chi connectivity index (χ4v) is 0. The lowest BCUT2D eigenvalue weighted by molar-refractivity contribution is -0.849. The molecular formula is C4H13IN+. The van der Waals surface area contributed by atoms with E-state index < -0.39 is 0 Å². The molecule has 0 atom stereocenters. The number of halogens is 1. The minimum atomic E-state index is 0. The Morgan fingerprint density at radius 1 is 0.833 bits per heavy atom. The summed E-state index contributed by atoms with van der Waals surface area (Å²) in [6.45, 7) is 0. The fraction of sp³-hybridized carbons (Fsp3) is 1.00. The topological polar surface area (TPSA) is 0 Å². The van der Waals surface area contributed by atoms with E-state index in [1.165, 1.54) is 0 Å². The van der Waals surface area contributed by atoms with Gasteiger partial charge in [-0.1, -0.05) is 0 Å². The van der Waals surface area contributed by atoms with Crippen molar-refractivity contribution in [1.29, 1.82) is 0 Å². The van der Waals surface area contributed by atoms with Crippen LogP contribution in [0, 0.1) is 0 Å². The van der Waals surface area contributed by atoms with Gasteiger partial charge in [-0.15, -0.1) is 24.0 Å². The number of hydrogen-bond acceptors (Lipinski definition) is 0. The van der Waals surface area contributed by atoms with Crippen molar-refractivity contribution in [2.24, 2.45) is 0 Å². The molecule has 0 saturated heterocycles. The van der Waals surface area contributed by atoms with Gasteiger partial charge >= 0.3 is 0 Å². The van der Waals surface area contributed by atoms with Crippen molar-refractivity contribution < 1.29 is 4.48 Å². The van der Waals surface area contributed by atoms with Gasteiger partial charge in [0, 0.05) is 0 Å². The molecule has 6 heavy (non-hydrogen) atoms. The van der Waals surface area contributed by atoms with Gasteiger partial charge in [0.1, 0.15) is 0 Å². The van der Waals surface area contributed by atoms with Crippen LogP contribution in [-0.2, 0) is 0 Å². The van der Waals surface area contributed by atoms with Crippen molar-refractivity contribution in [3.8, 4) is 0 Å². The summed E-state index contributed by atoms with van der Waals surface area (Å²) in [4.78, 5) is 0. The summed E-state index contributed by atoms with van der Waals surface area (Å²) in [7, 11) is 8.50. The molecule has 2 heteroatoms. The first-order valence-corrected chi connectivity index (χ1v) is 1.79. The molecule has 0 unspecified atom stereocenters. The molecule has 0 bridgehead atoms. The summed E-state index contributed by atoms with van der Waals surface area (Å²) in [6.07, 6.45) is 0. The lowest BCUT2D eigenvalue weighted by atomic mass is 10.8. The van der Waals surface area contributed by atoms with E-state index in [-0.39, 0.29) is 24.0 Å². The molecule has 0 radical (unpaired) electrons. The highest BCUT2D eigenvalue weighted by Gasteiger charge is 1.88. The second kappa shape index (κ2) is 2.80. The van der Waals surface area contributed by atoms with E-state index in [9.17, 15) is 0 Å². The Morgan fingerprint density at radius 2 is 0.833 bits per heavy atom. The van der Waals surface area contributed by atoms with Gasteiger partial charge in [0.15, 0.2) is 0 Å². The Balaban J connectivity index is 0. The molecule has 0 aromatic carbocycles. The fourth-order valence-electron chi connectivity index (χ4n) is 0.